The minimum absolute atomic E-state index is 0.119. The number of amides is 2. The van der Waals surface area contributed by atoms with Crippen LogP contribution in [0.4, 0.5) is 16.2 Å². The number of hydrogen-bond donors (Lipinski definition) is 4. The second-order valence-electron chi connectivity index (χ2n) is 5.09. The molecule has 0 saturated carbocycles. The molecule has 4 N–H and O–H groups in total. The highest BCUT2D eigenvalue weighted by atomic mass is 16.3. The summed E-state index contributed by atoms with van der Waals surface area (Å²) in [6.07, 6.45) is 0. The van der Waals surface area contributed by atoms with Gasteiger partial charge in [0.05, 0.1) is 0 Å². The van der Waals surface area contributed by atoms with E-state index in [9.17, 15) is 15.0 Å². The Hall–Kier alpha value is -2.69. The van der Waals surface area contributed by atoms with Gasteiger partial charge in [-0.1, -0.05) is 26.0 Å². The fourth-order valence-corrected chi connectivity index (χ4v) is 1.91. The average Bonchev–Trinajstić information content (AvgIpc) is 2.37. The summed E-state index contributed by atoms with van der Waals surface area (Å²) in [6, 6.07) is 11.0. The number of phenols is 2. The molecule has 0 aliphatic heterocycles. The summed E-state index contributed by atoms with van der Waals surface area (Å²) < 4.78 is 0. The Bertz CT molecular complexity index is 616. The lowest BCUT2D eigenvalue weighted by atomic mass is 10.0. The zero-order valence-corrected chi connectivity index (χ0v) is 11.9. The third-order valence-electron chi connectivity index (χ3n) is 3.00. The van der Waals surface area contributed by atoms with Gasteiger partial charge in [0.15, 0.2) is 0 Å². The molecular formula is C16H18N2O3. The van der Waals surface area contributed by atoms with Crippen LogP contribution in [0, 0.1) is 0 Å². The number of benzene rings is 2. The van der Waals surface area contributed by atoms with Gasteiger partial charge >= 0.3 is 6.03 Å². The van der Waals surface area contributed by atoms with Crippen LogP contribution in [0.3, 0.4) is 0 Å². The zero-order valence-electron chi connectivity index (χ0n) is 11.9. The van der Waals surface area contributed by atoms with Gasteiger partial charge in [0, 0.05) is 29.6 Å². The molecule has 5 heteroatoms. The fraction of sp³-hybridized carbons (Fsp3) is 0.188. The van der Waals surface area contributed by atoms with Crippen LogP contribution in [0.25, 0.3) is 0 Å². The van der Waals surface area contributed by atoms with E-state index >= 15 is 0 Å². The number of urea groups is 1. The van der Waals surface area contributed by atoms with Crippen molar-refractivity contribution >= 4 is 17.4 Å². The van der Waals surface area contributed by atoms with E-state index in [1.54, 1.807) is 0 Å². The molecule has 0 bridgehead atoms. The van der Waals surface area contributed by atoms with Crippen molar-refractivity contribution in [2.75, 3.05) is 10.6 Å². The molecule has 110 valence electrons. The molecule has 0 heterocycles. The van der Waals surface area contributed by atoms with E-state index in [0.29, 0.717) is 17.3 Å². The van der Waals surface area contributed by atoms with Crippen molar-refractivity contribution in [2.45, 2.75) is 19.8 Å². The minimum atomic E-state index is -0.447. The average molecular weight is 286 g/mol. The first-order valence-corrected chi connectivity index (χ1v) is 6.65. The van der Waals surface area contributed by atoms with Crippen LogP contribution < -0.4 is 10.6 Å². The second-order valence-corrected chi connectivity index (χ2v) is 5.09. The predicted molar refractivity (Wildman–Crippen MR) is 82.9 cm³/mol. The number of phenolic OH excluding ortho intramolecular Hbond substituents is 2. The quantitative estimate of drug-likeness (QED) is 0.691. The van der Waals surface area contributed by atoms with Gasteiger partial charge in [-0.05, 0) is 23.6 Å². The summed E-state index contributed by atoms with van der Waals surface area (Å²) in [4.78, 5) is 11.8. The van der Waals surface area contributed by atoms with Crippen molar-refractivity contribution in [1.29, 1.82) is 0 Å². The summed E-state index contributed by atoms with van der Waals surface area (Å²) in [5.74, 6) is 0.196. The SMILES string of the molecule is CC(C)c1ccc(NC(=O)Nc2cc(O)cc(O)c2)cc1. The van der Waals surface area contributed by atoms with Gasteiger partial charge in [-0.25, -0.2) is 4.79 Å². The van der Waals surface area contributed by atoms with Crippen LogP contribution in [-0.2, 0) is 0 Å². The first-order valence-electron chi connectivity index (χ1n) is 6.65. The molecule has 0 aliphatic carbocycles. The molecule has 0 radical (unpaired) electrons. The number of rotatable bonds is 3. The molecule has 0 unspecified atom stereocenters. The Labute approximate surface area is 123 Å². The Morgan fingerprint density at radius 1 is 0.905 bits per heavy atom. The smallest absolute Gasteiger partial charge is 0.323 e. The van der Waals surface area contributed by atoms with Crippen molar-refractivity contribution in [1.82, 2.24) is 0 Å². The van der Waals surface area contributed by atoms with E-state index in [1.165, 1.54) is 23.8 Å². The normalized spacial score (nSPS) is 10.4. The number of hydrogen-bond acceptors (Lipinski definition) is 3. The highest BCUT2D eigenvalue weighted by Crippen LogP contribution is 2.24. The molecule has 21 heavy (non-hydrogen) atoms. The number of aromatic hydroxyl groups is 2. The molecule has 2 aromatic rings. The van der Waals surface area contributed by atoms with Gasteiger partial charge in [0.25, 0.3) is 0 Å². The first-order chi connectivity index (χ1) is 9.94. The van der Waals surface area contributed by atoms with Gasteiger partial charge in [-0.3, -0.25) is 0 Å². The van der Waals surface area contributed by atoms with Gasteiger partial charge in [0.1, 0.15) is 11.5 Å². The molecule has 0 fully saturated rings. The van der Waals surface area contributed by atoms with Crippen LogP contribution in [0.2, 0.25) is 0 Å². The highest BCUT2D eigenvalue weighted by molar-refractivity contribution is 5.99. The van der Waals surface area contributed by atoms with E-state index in [2.05, 4.69) is 24.5 Å². The van der Waals surface area contributed by atoms with Crippen molar-refractivity contribution < 1.29 is 15.0 Å². The topological polar surface area (TPSA) is 81.6 Å². The van der Waals surface area contributed by atoms with E-state index in [4.69, 9.17) is 0 Å². The van der Waals surface area contributed by atoms with Gasteiger partial charge in [-0.2, -0.15) is 0 Å². The lowest BCUT2D eigenvalue weighted by Gasteiger charge is -2.10. The number of anilines is 2. The molecule has 0 saturated heterocycles. The van der Waals surface area contributed by atoms with E-state index in [-0.39, 0.29) is 11.5 Å². The van der Waals surface area contributed by atoms with Crippen molar-refractivity contribution in [3.8, 4) is 11.5 Å². The molecule has 0 atom stereocenters. The number of carbonyl (C=O) groups excluding carboxylic acids is 1. The predicted octanol–water partition coefficient (Wildman–Crippen LogP) is 3.87. The molecule has 2 aromatic carbocycles. The molecule has 0 aliphatic rings. The molecule has 2 amide bonds. The Balaban J connectivity index is 2.01. The van der Waals surface area contributed by atoms with Gasteiger partial charge in [-0.15, -0.1) is 0 Å². The maximum absolute atomic E-state index is 11.8. The summed E-state index contributed by atoms with van der Waals surface area (Å²) in [5, 5.41) is 23.9. The highest BCUT2D eigenvalue weighted by Gasteiger charge is 2.06. The number of nitrogens with one attached hydrogen (secondary N) is 2. The van der Waals surface area contributed by atoms with E-state index in [0.717, 1.165) is 0 Å². The largest absolute Gasteiger partial charge is 0.508 e. The molecule has 5 nitrogen and oxygen atoms in total. The van der Waals surface area contributed by atoms with Crippen LogP contribution in [0.1, 0.15) is 25.3 Å². The van der Waals surface area contributed by atoms with Crippen molar-refractivity contribution in [3.05, 3.63) is 48.0 Å². The van der Waals surface area contributed by atoms with E-state index in [1.807, 2.05) is 24.3 Å². The summed E-state index contributed by atoms with van der Waals surface area (Å²) in [5.41, 5.74) is 2.17. The zero-order chi connectivity index (χ0) is 15.4. The fourth-order valence-electron chi connectivity index (χ4n) is 1.91. The second kappa shape index (κ2) is 6.17. The van der Waals surface area contributed by atoms with Crippen LogP contribution in [-0.4, -0.2) is 16.2 Å². The van der Waals surface area contributed by atoms with Gasteiger partial charge in [0.2, 0.25) is 0 Å². The van der Waals surface area contributed by atoms with Crippen LogP contribution in [0.5, 0.6) is 11.5 Å². The summed E-state index contributed by atoms with van der Waals surface area (Å²) >= 11 is 0. The minimum Gasteiger partial charge on any atom is -0.508 e. The maximum atomic E-state index is 11.8. The molecule has 2 rings (SSSR count). The van der Waals surface area contributed by atoms with Crippen LogP contribution in [0.15, 0.2) is 42.5 Å². The van der Waals surface area contributed by atoms with Crippen LogP contribution >= 0.6 is 0 Å². The number of carbonyl (C=O) groups is 1. The summed E-state index contributed by atoms with van der Waals surface area (Å²) in [6.45, 7) is 4.20. The van der Waals surface area contributed by atoms with Crippen molar-refractivity contribution in [3.63, 3.8) is 0 Å². The Morgan fingerprint density at radius 3 is 1.95 bits per heavy atom. The monoisotopic (exact) mass is 286 g/mol. The third kappa shape index (κ3) is 4.14. The molecule has 0 spiro atoms. The standard InChI is InChI=1S/C16H18N2O3/c1-10(2)11-3-5-12(6-4-11)17-16(21)18-13-7-14(19)9-15(20)8-13/h3-10,19-20H,1-2H3,(H2,17,18,21). The third-order valence-corrected chi connectivity index (χ3v) is 3.00. The Kier molecular flexibility index (Phi) is 4.33. The van der Waals surface area contributed by atoms with E-state index < -0.39 is 6.03 Å². The molecule has 0 aromatic heterocycles. The van der Waals surface area contributed by atoms with Gasteiger partial charge < -0.3 is 20.8 Å². The lowest BCUT2D eigenvalue weighted by molar-refractivity contribution is 0.262. The summed E-state index contributed by atoms with van der Waals surface area (Å²) in [7, 11) is 0. The first kappa shape index (κ1) is 14.7. The maximum Gasteiger partial charge on any atom is 0.323 e. The molecular weight excluding hydrogens is 268 g/mol. The lowest BCUT2D eigenvalue weighted by Crippen LogP contribution is -2.19. The van der Waals surface area contributed by atoms with Crippen molar-refractivity contribution in [2.24, 2.45) is 0 Å². The Morgan fingerprint density at radius 2 is 1.43 bits per heavy atom.